The molecule has 0 aliphatic heterocycles. The molecule has 2 aromatic carbocycles. The van der Waals surface area contributed by atoms with E-state index in [1.54, 1.807) is 11.3 Å². The van der Waals surface area contributed by atoms with Crippen LogP contribution in [0, 0.1) is 13.8 Å². The van der Waals surface area contributed by atoms with Gasteiger partial charge in [0.05, 0.1) is 16.6 Å². The third-order valence-electron chi connectivity index (χ3n) is 4.54. The topological polar surface area (TPSA) is 34.4 Å². The van der Waals surface area contributed by atoms with Crippen LogP contribution >= 0.6 is 11.3 Å². The smallest absolute Gasteiger partial charge is 0.252 e. The van der Waals surface area contributed by atoms with E-state index in [4.69, 9.17) is 0 Å². The van der Waals surface area contributed by atoms with Crippen molar-refractivity contribution in [3.05, 3.63) is 63.5 Å². The fourth-order valence-electron chi connectivity index (χ4n) is 3.22. The molecule has 1 amide bonds. The number of amides is 1. The Morgan fingerprint density at radius 1 is 1.12 bits per heavy atom. The van der Waals surface area contributed by atoms with Crippen LogP contribution in [-0.4, -0.2) is 10.5 Å². The van der Waals surface area contributed by atoms with Crippen LogP contribution in [0.15, 0.2) is 41.4 Å². The highest BCUT2D eigenvalue weighted by Gasteiger charge is 2.11. The lowest BCUT2D eigenvalue weighted by Crippen LogP contribution is -2.17. The molecule has 0 radical (unpaired) electrons. The average molecular weight is 353 g/mol. The first kappa shape index (κ1) is 17.6. The number of nitrogens with zero attached hydrogens (tertiary/aromatic N) is 2. The van der Waals surface area contributed by atoms with Crippen LogP contribution in [0.1, 0.15) is 36.1 Å². The lowest BCUT2D eigenvalue weighted by molar-refractivity contribution is -0.117. The molecule has 130 valence electrons. The van der Waals surface area contributed by atoms with Gasteiger partial charge in [-0.25, -0.2) is 0 Å². The lowest BCUT2D eigenvalue weighted by Gasteiger charge is -2.06. The monoisotopic (exact) mass is 352 g/mol. The zero-order chi connectivity index (χ0) is 18.0. The summed E-state index contributed by atoms with van der Waals surface area (Å²) in [5.74, 6) is -0.0845. The van der Waals surface area contributed by atoms with Gasteiger partial charge >= 0.3 is 0 Å². The molecule has 0 fully saturated rings. The first-order chi connectivity index (χ1) is 12.0. The Labute approximate surface area is 152 Å². The summed E-state index contributed by atoms with van der Waals surface area (Å²) in [6.45, 7) is 9.19. The van der Waals surface area contributed by atoms with Gasteiger partial charge in [-0.3, -0.25) is 4.79 Å². The largest absolute Gasteiger partial charge is 0.316 e. The molecule has 0 aliphatic rings. The van der Waals surface area contributed by atoms with Gasteiger partial charge in [0.2, 0.25) is 0 Å². The Morgan fingerprint density at radius 3 is 2.60 bits per heavy atom. The van der Waals surface area contributed by atoms with Gasteiger partial charge in [0.25, 0.3) is 5.91 Å². The molecule has 4 heteroatoms. The minimum Gasteiger partial charge on any atom is -0.316 e. The number of hydrogen-bond donors (Lipinski definition) is 0. The molecule has 3 nitrogen and oxygen atoms in total. The number of thiazole rings is 1. The third kappa shape index (κ3) is 3.59. The molecule has 0 aliphatic carbocycles. The Morgan fingerprint density at radius 2 is 1.92 bits per heavy atom. The van der Waals surface area contributed by atoms with Crippen LogP contribution in [-0.2, 0) is 24.2 Å². The molecule has 25 heavy (non-hydrogen) atoms. The molecular weight excluding hydrogens is 328 g/mol. The highest BCUT2D eigenvalue weighted by Crippen LogP contribution is 2.22. The van der Waals surface area contributed by atoms with Crippen molar-refractivity contribution >= 4 is 27.5 Å². The van der Waals surface area contributed by atoms with Crippen LogP contribution in [0.2, 0.25) is 0 Å². The van der Waals surface area contributed by atoms with E-state index in [0.29, 0.717) is 6.42 Å². The van der Waals surface area contributed by atoms with Gasteiger partial charge < -0.3 is 4.57 Å². The van der Waals surface area contributed by atoms with Gasteiger partial charge in [0, 0.05) is 6.54 Å². The molecule has 0 spiro atoms. The highest BCUT2D eigenvalue weighted by molar-refractivity contribution is 7.16. The molecule has 0 bridgehead atoms. The second-order valence-electron chi connectivity index (χ2n) is 6.36. The molecule has 1 aromatic heterocycles. The summed E-state index contributed by atoms with van der Waals surface area (Å²) in [6, 6.07) is 12.5. The summed E-state index contributed by atoms with van der Waals surface area (Å²) in [6.07, 6.45) is 1.33. The number of hydrogen-bond acceptors (Lipinski definition) is 2. The van der Waals surface area contributed by atoms with E-state index in [2.05, 4.69) is 67.6 Å². The van der Waals surface area contributed by atoms with Crippen molar-refractivity contribution in [2.24, 2.45) is 4.99 Å². The quantitative estimate of drug-likeness (QED) is 0.677. The van der Waals surface area contributed by atoms with E-state index in [1.807, 2.05) is 6.07 Å². The molecule has 0 N–H and O–H groups in total. The van der Waals surface area contributed by atoms with E-state index in [0.717, 1.165) is 28.9 Å². The molecule has 3 rings (SSSR count). The second-order valence-corrected chi connectivity index (χ2v) is 7.37. The normalized spacial score (nSPS) is 12.1. The lowest BCUT2D eigenvalue weighted by atomic mass is 10.0. The molecular formula is C21H24N2OS. The minimum absolute atomic E-state index is 0.0845. The molecule has 3 aromatic rings. The van der Waals surface area contributed by atoms with Gasteiger partial charge in [-0.2, -0.15) is 4.99 Å². The van der Waals surface area contributed by atoms with Crippen molar-refractivity contribution in [2.75, 3.05) is 0 Å². The van der Waals surface area contributed by atoms with Gasteiger partial charge in [0.1, 0.15) is 0 Å². The number of fused-ring (bicyclic) bond motifs is 1. The zero-order valence-corrected chi connectivity index (χ0v) is 16.1. The van der Waals surface area contributed by atoms with Crippen LogP contribution in [0.4, 0.5) is 0 Å². The Bertz CT molecular complexity index is 995. The fourth-order valence-corrected chi connectivity index (χ4v) is 4.38. The van der Waals surface area contributed by atoms with Crippen molar-refractivity contribution < 1.29 is 4.79 Å². The molecule has 0 atom stereocenters. The standard InChI is InChI=1S/C21H24N2OS/c1-5-16-8-7-9-18-20(16)23(6-2)21(25-18)22-19(24)13-17-11-10-14(3)12-15(17)4/h7-12H,5-6,13H2,1-4H3. The molecule has 1 heterocycles. The van der Waals surface area contributed by atoms with Crippen molar-refractivity contribution in [3.63, 3.8) is 0 Å². The molecule has 0 saturated carbocycles. The number of aromatic nitrogens is 1. The maximum absolute atomic E-state index is 12.5. The van der Waals surface area contributed by atoms with Crippen molar-refractivity contribution in [1.29, 1.82) is 0 Å². The van der Waals surface area contributed by atoms with Crippen LogP contribution in [0.3, 0.4) is 0 Å². The van der Waals surface area contributed by atoms with E-state index in [9.17, 15) is 4.79 Å². The van der Waals surface area contributed by atoms with Gasteiger partial charge in [-0.05, 0) is 49.9 Å². The second kappa shape index (κ2) is 7.36. The van der Waals surface area contributed by atoms with Gasteiger partial charge in [-0.15, -0.1) is 0 Å². The first-order valence-electron chi connectivity index (χ1n) is 8.78. The fraction of sp³-hybridized carbons (Fsp3) is 0.333. The number of benzene rings is 2. The van der Waals surface area contributed by atoms with E-state index in [1.165, 1.54) is 21.3 Å². The number of para-hydroxylation sites is 1. The summed E-state index contributed by atoms with van der Waals surface area (Å²) >= 11 is 1.60. The predicted octanol–water partition coefficient (Wildman–Crippen LogP) is 4.57. The number of carbonyl (C=O) groups excluding carboxylic acids is 1. The number of rotatable bonds is 4. The average Bonchev–Trinajstić information content (AvgIpc) is 2.94. The van der Waals surface area contributed by atoms with Crippen molar-refractivity contribution in [3.8, 4) is 0 Å². The Balaban J connectivity index is 2.01. The summed E-state index contributed by atoms with van der Waals surface area (Å²) in [5.41, 5.74) is 5.94. The number of carbonyl (C=O) groups is 1. The van der Waals surface area contributed by atoms with Gasteiger partial charge in [0.15, 0.2) is 4.80 Å². The van der Waals surface area contributed by atoms with Crippen molar-refractivity contribution in [2.45, 2.75) is 47.1 Å². The van der Waals surface area contributed by atoms with Crippen LogP contribution in [0.25, 0.3) is 10.2 Å². The van der Waals surface area contributed by atoms with Gasteiger partial charge in [-0.1, -0.05) is 54.2 Å². The maximum Gasteiger partial charge on any atom is 0.252 e. The summed E-state index contributed by atoms with van der Waals surface area (Å²) in [4.78, 5) is 17.8. The van der Waals surface area contributed by atoms with E-state index < -0.39 is 0 Å². The van der Waals surface area contributed by atoms with Crippen LogP contribution in [0.5, 0.6) is 0 Å². The molecule has 0 saturated heterocycles. The number of aryl methyl sites for hydroxylation is 4. The SMILES string of the molecule is CCc1cccc2sc(=NC(=O)Cc3ccc(C)cc3C)n(CC)c12. The Kier molecular flexibility index (Phi) is 5.19. The summed E-state index contributed by atoms with van der Waals surface area (Å²) in [5, 5.41) is 0. The predicted molar refractivity (Wildman–Crippen MR) is 105 cm³/mol. The summed E-state index contributed by atoms with van der Waals surface area (Å²) in [7, 11) is 0. The summed E-state index contributed by atoms with van der Waals surface area (Å²) < 4.78 is 3.36. The van der Waals surface area contributed by atoms with E-state index in [-0.39, 0.29) is 5.91 Å². The van der Waals surface area contributed by atoms with Crippen LogP contribution < -0.4 is 4.80 Å². The maximum atomic E-state index is 12.5. The highest BCUT2D eigenvalue weighted by atomic mass is 32.1. The van der Waals surface area contributed by atoms with E-state index >= 15 is 0 Å². The first-order valence-corrected chi connectivity index (χ1v) is 9.60. The molecule has 0 unspecified atom stereocenters. The van der Waals surface area contributed by atoms with Crippen molar-refractivity contribution in [1.82, 2.24) is 4.57 Å². The Hall–Kier alpha value is -2.20. The minimum atomic E-state index is -0.0845. The zero-order valence-electron chi connectivity index (χ0n) is 15.3. The third-order valence-corrected chi connectivity index (χ3v) is 5.59.